The molecule has 0 bridgehead atoms. The summed E-state index contributed by atoms with van der Waals surface area (Å²) in [5.74, 6) is 0. The third-order valence-corrected chi connectivity index (χ3v) is 3.97. The highest BCUT2D eigenvalue weighted by molar-refractivity contribution is 5.96. The van der Waals surface area contributed by atoms with E-state index in [0.717, 1.165) is 50.8 Å². The third kappa shape index (κ3) is 2.18. The molecule has 18 heavy (non-hydrogen) atoms. The highest BCUT2D eigenvalue weighted by atomic mass is 16.6. The topological polar surface area (TPSA) is 51.1 Å². The highest BCUT2D eigenvalue weighted by Gasteiger charge is 2.49. The first-order valence-electron chi connectivity index (χ1n) is 6.79. The fourth-order valence-electron chi connectivity index (χ4n) is 3.23. The summed E-state index contributed by atoms with van der Waals surface area (Å²) in [6.07, 6.45) is 5.95. The van der Waals surface area contributed by atoms with Gasteiger partial charge in [0.05, 0.1) is 17.9 Å². The molecule has 1 atom stereocenters. The lowest BCUT2D eigenvalue weighted by molar-refractivity contribution is 0.0846. The molecule has 1 spiro atoms. The molecule has 0 aromatic carbocycles. The van der Waals surface area contributed by atoms with E-state index in [1.807, 2.05) is 11.8 Å². The maximum atomic E-state index is 12.1. The van der Waals surface area contributed by atoms with Crippen LogP contribution in [0.4, 0.5) is 4.79 Å². The number of amides is 1. The van der Waals surface area contributed by atoms with E-state index in [2.05, 4.69) is 5.16 Å². The molecule has 1 saturated heterocycles. The van der Waals surface area contributed by atoms with Crippen LogP contribution in [-0.2, 0) is 9.57 Å². The van der Waals surface area contributed by atoms with Crippen molar-refractivity contribution in [2.75, 3.05) is 20.3 Å². The summed E-state index contributed by atoms with van der Waals surface area (Å²) in [5, 5.41) is 4.18. The smallest absolute Gasteiger partial charge is 0.410 e. The molecule has 0 unspecified atom stereocenters. The maximum absolute atomic E-state index is 12.1. The van der Waals surface area contributed by atoms with Crippen molar-refractivity contribution in [1.29, 1.82) is 0 Å². The fraction of sp³-hybridized carbons (Fsp3) is 0.846. The van der Waals surface area contributed by atoms with Gasteiger partial charge in [0.15, 0.2) is 0 Å². The Balaban J connectivity index is 2.25. The van der Waals surface area contributed by atoms with Gasteiger partial charge in [-0.2, -0.15) is 0 Å². The number of carbonyl (C=O) groups is 1. The van der Waals surface area contributed by atoms with E-state index in [0.29, 0.717) is 6.61 Å². The molecule has 1 aliphatic carbocycles. The molecular formula is C13H22N2O3. The van der Waals surface area contributed by atoms with Gasteiger partial charge in [-0.05, 0) is 39.0 Å². The second-order valence-corrected chi connectivity index (χ2v) is 4.91. The number of carbonyl (C=O) groups excluding carboxylic acids is 1. The van der Waals surface area contributed by atoms with Crippen molar-refractivity contribution < 1.29 is 14.4 Å². The van der Waals surface area contributed by atoms with Crippen LogP contribution in [0.2, 0.25) is 0 Å². The number of likely N-dealkylation sites (tertiary alicyclic amines) is 1. The summed E-state index contributed by atoms with van der Waals surface area (Å²) >= 11 is 0. The van der Waals surface area contributed by atoms with Gasteiger partial charge in [-0.3, -0.25) is 4.90 Å². The molecule has 5 nitrogen and oxygen atoms in total. The van der Waals surface area contributed by atoms with Gasteiger partial charge in [-0.15, -0.1) is 0 Å². The van der Waals surface area contributed by atoms with Gasteiger partial charge in [0.2, 0.25) is 0 Å². The largest absolute Gasteiger partial charge is 0.450 e. The summed E-state index contributed by atoms with van der Waals surface area (Å²) in [6.45, 7) is 3.02. The Kier molecular flexibility index (Phi) is 4.09. The van der Waals surface area contributed by atoms with Crippen LogP contribution in [0.25, 0.3) is 0 Å². The van der Waals surface area contributed by atoms with Crippen LogP contribution >= 0.6 is 0 Å². The lowest BCUT2D eigenvalue weighted by atomic mass is 9.78. The molecule has 0 radical (unpaired) electrons. The predicted molar refractivity (Wildman–Crippen MR) is 68.6 cm³/mol. The van der Waals surface area contributed by atoms with Crippen molar-refractivity contribution in [3.63, 3.8) is 0 Å². The Morgan fingerprint density at radius 3 is 2.89 bits per heavy atom. The number of hydrogen-bond acceptors (Lipinski definition) is 4. The first-order valence-corrected chi connectivity index (χ1v) is 6.79. The summed E-state index contributed by atoms with van der Waals surface area (Å²) in [6, 6.07) is 0. The Hall–Kier alpha value is -1.26. The highest BCUT2D eigenvalue weighted by Crippen LogP contribution is 2.40. The van der Waals surface area contributed by atoms with E-state index in [1.165, 1.54) is 0 Å². The summed E-state index contributed by atoms with van der Waals surface area (Å²) in [5.41, 5.74) is 0.780. The van der Waals surface area contributed by atoms with E-state index in [9.17, 15) is 4.79 Å². The molecule has 2 rings (SSSR count). The molecule has 1 saturated carbocycles. The zero-order chi connectivity index (χ0) is 13.0. The van der Waals surface area contributed by atoms with Crippen LogP contribution in [0.5, 0.6) is 0 Å². The molecule has 0 N–H and O–H groups in total. The number of oxime groups is 1. The number of rotatable bonds is 2. The molecule has 1 heterocycles. The van der Waals surface area contributed by atoms with Crippen LogP contribution in [0, 0.1) is 0 Å². The van der Waals surface area contributed by atoms with E-state index in [1.54, 1.807) is 7.11 Å². The normalized spacial score (nSPS) is 29.9. The first kappa shape index (κ1) is 13.2. The molecule has 0 aromatic heterocycles. The standard InChI is InChI=1S/C13H22N2O3/c1-3-18-12(16)15-10-6-9-13(15)8-5-4-7-11(13)14-17-2/h3-10H2,1-2H3/b14-11+/t13-/m1/s1. The monoisotopic (exact) mass is 254 g/mol. The molecule has 2 aliphatic rings. The first-order chi connectivity index (χ1) is 8.74. The van der Waals surface area contributed by atoms with Crippen LogP contribution in [0.3, 0.4) is 0 Å². The van der Waals surface area contributed by atoms with Crippen molar-refractivity contribution in [2.24, 2.45) is 5.16 Å². The van der Waals surface area contributed by atoms with Crippen molar-refractivity contribution in [3.8, 4) is 0 Å². The molecule has 1 amide bonds. The fourth-order valence-corrected chi connectivity index (χ4v) is 3.23. The minimum absolute atomic E-state index is 0.208. The zero-order valence-electron chi connectivity index (χ0n) is 11.3. The summed E-state index contributed by atoms with van der Waals surface area (Å²) in [4.78, 5) is 18.9. The van der Waals surface area contributed by atoms with E-state index < -0.39 is 0 Å². The molecule has 0 aromatic rings. The van der Waals surface area contributed by atoms with Crippen molar-refractivity contribution in [2.45, 2.75) is 51.0 Å². The minimum Gasteiger partial charge on any atom is -0.450 e. The number of ether oxygens (including phenoxy) is 1. The molecule has 102 valence electrons. The molecule has 1 aliphatic heterocycles. The van der Waals surface area contributed by atoms with Crippen molar-refractivity contribution in [3.05, 3.63) is 0 Å². The SMILES string of the molecule is CCOC(=O)N1CCC[C@@]12CCCC/C2=N\OC. The van der Waals surface area contributed by atoms with Gasteiger partial charge in [-0.1, -0.05) is 11.6 Å². The second kappa shape index (κ2) is 5.59. The van der Waals surface area contributed by atoms with Gasteiger partial charge >= 0.3 is 6.09 Å². The molecule has 2 fully saturated rings. The Bertz CT molecular complexity index is 343. The zero-order valence-corrected chi connectivity index (χ0v) is 11.3. The predicted octanol–water partition coefficient (Wildman–Crippen LogP) is 2.55. The van der Waals surface area contributed by atoms with Gasteiger partial charge in [0.1, 0.15) is 7.11 Å². The van der Waals surface area contributed by atoms with E-state index in [4.69, 9.17) is 9.57 Å². The van der Waals surface area contributed by atoms with E-state index in [-0.39, 0.29) is 11.6 Å². The number of nitrogens with zero attached hydrogens (tertiary/aromatic N) is 2. The summed E-state index contributed by atoms with van der Waals surface area (Å²) < 4.78 is 5.17. The van der Waals surface area contributed by atoms with Crippen molar-refractivity contribution >= 4 is 11.8 Å². The maximum Gasteiger partial charge on any atom is 0.410 e. The van der Waals surface area contributed by atoms with Crippen molar-refractivity contribution in [1.82, 2.24) is 4.90 Å². The van der Waals surface area contributed by atoms with E-state index >= 15 is 0 Å². The van der Waals surface area contributed by atoms with Crippen LogP contribution in [0.15, 0.2) is 5.16 Å². The van der Waals surface area contributed by atoms with Gasteiger partial charge in [0.25, 0.3) is 0 Å². The molecular weight excluding hydrogens is 232 g/mol. The third-order valence-electron chi connectivity index (χ3n) is 3.97. The minimum atomic E-state index is -0.236. The quantitative estimate of drug-likeness (QED) is 0.712. The lowest BCUT2D eigenvalue weighted by Gasteiger charge is -2.41. The Morgan fingerprint density at radius 1 is 1.39 bits per heavy atom. The Morgan fingerprint density at radius 2 is 2.17 bits per heavy atom. The van der Waals surface area contributed by atoms with Crippen LogP contribution < -0.4 is 0 Å². The van der Waals surface area contributed by atoms with Gasteiger partial charge in [0, 0.05) is 6.54 Å². The van der Waals surface area contributed by atoms with Gasteiger partial charge in [-0.25, -0.2) is 4.79 Å². The van der Waals surface area contributed by atoms with Crippen LogP contribution in [0.1, 0.15) is 45.4 Å². The average molecular weight is 254 g/mol. The second-order valence-electron chi connectivity index (χ2n) is 4.91. The number of hydrogen-bond donors (Lipinski definition) is 0. The lowest BCUT2D eigenvalue weighted by Crippen LogP contribution is -2.54. The Labute approximate surface area is 108 Å². The average Bonchev–Trinajstić information content (AvgIpc) is 2.77. The summed E-state index contributed by atoms with van der Waals surface area (Å²) in [7, 11) is 1.57. The van der Waals surface area contributed by atoms with Crippen LogP contribution in [-0.4, -0.2) is 42.5 Å². The molecule has 5 heteroatoms. The van der Waals surface area contributed by atoms with Gasteiger partial charge < -0.3 is 9.57 Å².